The van der Waals surface area contributed by atoms with Gasteiger partial charge in [-0.1, -0.05) is 42.5 Å². The largest absolute Gasteiger partial charge is 0.497 e. The minimum Gasteiger partial charge on any atom is -0.497 e. The third-order valence-electron chi connectivity index (χ3n) is 7.64. The van der Waals surface area contributed by atoms with E-state index in [0.717, 1.165) is 37.2 Å². The van der Waals surface area contributed by atoms with Crippen LogP contribution in [0.5, 0.6) is 5.75 Å². The number of rotatable bonds is 7. The molecule has 0 atom stereocenters. The van der Waals surface area contributed by atoms with Crippen LogP contribution in [0, 0.1) is 5.92 Å². The number of benzene rings is 2. The highest BCUT2D eigenvalue weighted by atomic mass is 16.5. The number of methoxy groups -OCH3 is 1. The van der Waals surface area contributed by atoms with Gasteiger partial charge >= 0.3 is 6.03 Å². The average Bonchev–Trinajstić information content (AvgIpc) is 3.54. The highest BCUT2D eigenvalue weighted by Crippen LogP contribution is 2.57. The number of nitrogens with zero attached hydrogens (tertiary/aromatic N) is 3. The Labute approximate surface area is 185 Å². The minimum absolute atomic E-state index is 0.000532. The fraction of sp³-hybridized carbons (Fsp3) is 0.500. The molecule has 1 heterocycles. The molecule has 2 aliphatic carbocycles. The normalized spacial score (nSPS) is 27.8. The van der Waals surface area contributed by atoms with E-state index >= 15 is 0 Å². The van der Waals surface area contributed by atoms with Gasteiger partial charge in [-0.05, 0) is 69.0 Å². The number of hydrogen-bond acceptors (Lipinski definition) is 3. The fourth-order valence-electron chi connectivity index (χ4n) is 5.65. The van der Waals surface area contributed by atoms with Crippen LogP contribution in [-0.2, 0) is 12.1 Å². The van der Waals surface area contributed by atoms with Gasteiger partial charge in [-0.3, -0.25) is 4.90 Å². The lowest BCUT2D eigenvalue weighted by Gasteiger charge is -2.60. The molecular weight excluding hydrogens is 386 g/mol. The maximum Gasteiger partial charge on any atom is 0.320 e. The molecule has 5 nitrogen and oxygen atoms in total. The Morgan fingerprint density at radius 3 is 2.29 bits per heavy atom. The van der Waals surface area contributed by atoms with Gasteiger partial charge < -0.3 is 14.5 Å². The molecule has 2 amide bonds. The lowest BCUT2D eigenvalue weighted by Crippen LogP contribution is -2.67. The maximum atomic E-state index is 13.5. The standard InChI is InChI=1S/C26H33N3O2/c1-27(2)26(22-7-5-4-6-8-22)17-25(18-26)19-28(24(30)29(25)16-21-9-10-21)15-20-11-13-23(31-3)14-12-20/h4-8,11-14,21H,9-10,15-19H2,1-3H3. The fourth-order valence-corrected chi connectivity index (χ4v) is 5.65. The van der Waals surface area contributed by atoms with E-state index in [4.69, 9.17) is 4.74 Å². The van der Waals surface area contributed by atoms with Gasteiger partial charge in [0, 0.05) is 19.6 Å². The third-order valence-corrected chi connectivity index (χ3v) is 7.64. The van der Waals surface area contributed by atoms with Crippen LogP contribution >= 0.6 is 0 Å². The number of hydrogen-bond donors (Lipinski definition) is 0. The predicted octanol–water partition coefficient (Wildman–Crippen LogP) is 4.33. The van der Waals surface area contributed by atoms with E-state index in [1.54, 1.807) is 7.11 Å². The first-order chi connectivity index (χ1) is 15.0. The van der Waals surface area contributed by atoms with Crippen molar-refractivity contribution in [2.75, 3.05) is 34.3 Å². The van der Waals surface area contributed by atoms with Crippen molar-refractivity contribution in [2.24, 2.45) is 5.92 Å². The lowest BCUT2D eigenvalue weighted by atomic mass is 9.58. The molecule has 0 unspecified atom stereocenters. The topological polar surface area (TPSA) is 36.0 Å². The summed E-state index contributed by atoms with van der Waals surface area (Å²) < 4.78 is 5.28. The van der Waals surface area contributed by atoms with Gasteiger partial charge in [0.1, 0.15) is 5.75 Å². The van der Waals surface area contributed by atoms with Gasteiger partial charge in [0.2, 0.25) is 0 Å². The van der Waals surface area contributed by atoms with E-state index in [-0.39, 0.29) is 17.1 Å². The van der Waals surface area contributed by atoms with Crippen LogP contribution in [0.2, 0.25) is 0 Å². The molecule has 2 aromatic rings. The molecule has 31 heavy (non-hydrogen) atoms. The molecule has 1 aliphatic heterocycles. The Hall–Kier alpha value is -2.53. The quantitative estimate of drug-likeness (QED) is 0.670. The summed E-state index contributed by atoms with van der Waals surface area (Å²) in [5.74, 6) is 1.54. The van der Waals surface area contributed by atoms with Gasteiger partial charge in [-0.15, -0.1) is 0 Å². The molecule has 3 aliphatic rings. The zero-order valence-electron chi connectivity index (χ0n) is 18.9. The van der Waals surface area contributed by atoms with E-state index in [2.05, 4.69) is 71.3 Å². The first-order valence-corrected chi connectivity index (χ1v) is 11.4. The summed E-state index contributed by atoms with van der Waals surface area (Å²) in [4.78, 5) is 20.2. The summed E-state index contributed by atoms with van der Waals surface area (Å²) in [6.45, 7) is 2.38. The summed E-state index contributed by atoms with van der Waals surface area (Å²) in [6, 6.07) is 19.1. The van der Waals surface area contributed by atoms with Crippen molar-refractivity contribution in [2.45, 2.75) is 43.3 Å². The summed E-state index contributed by atoms with van der Waals surface area (Å²) >= 11 is 0. The van der Waals surface area contributed by atoms with Gasteiger partial charge in [0.25, 0.3) is 0 Å². The van der Waals surface area contributed by atoms with Crippen LogP contribution in [0.4, 0.5) is 4.79 Å². The van der Waals surface area contributed by atoms with E-state index < -0.39 is 0 Å². The molecule has 164 valence electrons. The molecule has 3 fully saturated rings. The Balaban J connectivity index is 1.40. The van der Waals surface area contributed by atoms with Crippen LogP contribution in [0.25, 0.3) is 0 Å². The molecule has 5 heteroatoms. The van der Waals surface area contributed by atoms with Crippen LogP contribution < -0.4 is 4.74 Å². The number of carbonyl (C=O) groups excluding carboxylic acids is 1. The maximum absolute atomic E-state index is 13.5. The molecule has 0 N–H and O–H groups in total. The van der Waals surface area contributed by atoms with Crippen molar-refractivity contribution >= 4 is 6.03 Å². The van der Waals surface area contributed by atoms with E-state index in [0.29, 0.717) is 12.5 Å². The zero-order valence-corrected chi connectivity index (χ0v) is 18.9. The summed E-state index contributed by atoms with van der Waals surface area (Å²) in [5, 5.41) is 0. The van der Waals surface area contributed by atoms with Gasteiger partial charge in [-0.2, -0.15) is 0 Å². The van der Waals surface area contributed by atoms with Crippen molar-refractivity contribution in [3.05, 3.63) is 65.7 Å². The number of ether oxygens (including phenoxy) is 1. The molecular formula is C26H33N3O2. The summed E-state index contributed by atoms with van der Waals surface area (Å²) in [7, 11) is 6.03. The van der Waals surface area contributed by atoms with Crippen LogP contribution in [0.15, 0.2) is 54.6 Å². The van der Waals surface area contributed by atoms with Gasteiger partial charge in [-0.25, -0.2) is 4.79 Å². The minimum atomic E-state index is -0.0632. The Kier molecular flexibility index (Phi) is 4.97. The molecule has 0 aromatic heterocycles. The Bertz CT molecular complexity index is 931. The second-order valence-corrected chi connectivity index (χ2v) is 9.91. The monoisotopic (exact) mass is 419 g/mol. The number of amides is 2. The third kappa shape index (κ3) is 3.49. The molecule has 5 rings (SSSR count). The molecule has 0 bridgehead atoms. The Morgan fingerprint density at radius 2 is 1.71 bits per heavy atom. The van der Waals surface area contributed by atoms with Gasteiger partial charge in [0.05, 0.1) is 18.2 Å². The van der Waals surface area contributed by atoms with Crippen molar-refractivity contribution < 1.29 is 9.53 Å². The van der Waals surface area contributed by atoms with E-state index in [9.17, 15) is 4.79 Å². The smallest absolute Gasteiger partial charge is 0.320 e. The summed E-state index contributed by atoms with van der Waals surface area (Å²) in [6.07, 6.45) is 4.51. The van der Waals surface area contributed by atoms with Crippen molar-refractivity contribution in [1.82, 2.24) is 14.7 Å². The number of urea groups is 1. The van der Waals surface area contributed by atoms with Crippen LogP contribution in [0.1, 0.15) is 36.8 Å². The Morgan fingerprint density at radius 1 is 1.03 bits per heavy atom. The van der Waals surface area contributed by atoms with Gasteiger partial charge in [0.15, 0.2) is 0 Å². The highest BCUT2D eigenvalue weighted by molar-refractivity contribution is 5.79. The first kappa shape index (κ1) is 20.4. The molecule has 2 aromatic carbocycles. The highest BCUT2D eigenvalue weighted by Gasteiger charge is 2.64. The SMILES string of the molecule is COc1ccc(CN2CC3(CC(c4ccccc4)(N(C)C)C3)N(CC3CC3)C2=O)cc1. The van der Waals surface area contributed by atoms with E-state index in [1.165, 1.54) is 18.4 Å². The molecule has 0 radical (unpaired) electrons. The second kappa shape index (κ2) is 7.56. The lowest BCUT2D eigenvalue weighted by molar-refractivity contribution is -0.0709. The predicted molar refractivity (Wildman–Crippen MR) is 122 cm³/mol. The molecule has 1 spiro atoms. The van der Waals surface area contributed by atoms with Crippen molar-refractivity contribution in [1.29, 1.82) is 0 Å². The first-order valence-electron chi connectivity index (χ1n) is 11.4. The summed E-state index contributed by atoms with van der Waals surface area (Å²) in [5.41, 5.74) is 2.45. The second-order valence-electron chi connectivity index (χ2n) is 9.91. The zero-order chi connectivity index (χ0) is 21.6. The average molecular weight is 420 g/mol. The van der Waals surface area contributed by atoms with Crippen molar-refractivity contribution in [3.8, 4) is 5.75 Å². The molecule has 1 saturated heterocycles. The van der Waals surface area contributed by atoms with Crippen LogP contribution in [0.3, 0.4) is 0 Å². The number of carbonyl (C=O) groups is 1. The molecule has 2 saturated carbocycles. The van der Waals surface area contributed by atoms with Crippen molar-refractivity contribution in [3.63, 3.8) is 0 Å². The van der Waals surface area contributed by atoms with E-state index in [1.807, 2.05) is 12.1 Å². The van der Waals surface area contributed by atoms with Crippen LogP contribution in [-0.4, -0.2) is 60.6 Å².